The molecule has 0 aromatic heterocycles. The molecule has 0 aliphatic heterocycles. The second kappa shape index (κ2) is 10.6. The van der Waals surface area contributed by atoms with Gasteiger partial charge in [0.2, 0.25) is 0 Å². The summed E-state index contributed by atoms with van der Waals surface area (Å²) in [6.07, 6.45) is 5.44. The molecule has 31 heavy (non-hydrogen) atoms. The van der Waals surface area contributed by atoms with Crippen LogP contribution in [0.2, 0.25) is 0 Å². The van der Waals surface area contributed by atoms with Gasteiger partial charge in [0.15, 0.2) is 0 Å². The van der Waals surface area contributed by atoms with E-state index in [1.54, 1.807) is 6.08 Å². The van der Waals surface area contributed by atoms with Crippen molar-refractivity contribution in [2.75, 3.05) is 38.0 Å². The van der Waals surface area contributed by atoms with Gasteiger partial charge in [-0.1, -0.05) is 60.7 Å². The number of nitrogens with zero attached hydrogens (tertiary/aromatic N) is 2. The van der Waals surface area contributed by atoms with Gasteiger partial charge in [-0.25, -0.2) is 0 Å². The molecule has 0 amide bonds. The van der Waals surface area contributed by atoms with Crippen LogP contribution in [0.3, 0.4) is 0 Å². The predicted octanol–water partition coefficient (Wildman–Crippen LogP) is 5.56. The predicted molar refractivity (Wildman–Crippen MR) is 132 cm³/mol. The Morgan fingerprint density at radius 2 is 1.19 bits per heavy atom. The van der Waals surface area contributed by atoms with E-state index in [9.17, 15) is 4.79 Å². The molecule has 3 nitrogen and oxygen atoms in total. The van der Waals surface area contributed by atoms with Crippen LogP contribution in [-0.4, -0.2) is 34.5 Å². The first-order chi connectivity index (χ1) is 15.0. The topological polar surface area (TPSA) is 23.6 Å². The van der Waals surface area contributed by atoms with Crippen LogP contribution in [0, 0.1) is 5.92 Å². The van der Waals surface area contributed by atoms with Gasteiger partial charge in [0, 0.05) is 45.5 Å². The van der Waals surface area contributed by atoms with E-state index in [1.165, 1.54) is 28.1 Å². The first-order valence-corrected chi connectivity index (χ1v) is 10.7. The fourth-order valence-corrected chi connectivity index (χ4v) is 4.02. The van der Waals surface area contributed by atoms with Gasteiger partial charge < -0.3 is 9.80 Å². The Morgan fingerprint density at radius 1 is 0.710 bits per heavy atom. The molecule has 0 radical (unpaired) electrons. The fourth-order valence-electron chi connectivity index (χ4n) is 4.02. The van der Waals surface area contributed by atoms with Crippen LogP contribution in [0.15, 0.2) is 91.0 Å². The van der Waals surface area contributed by atoms with Crippen LogP contribution in [0.1, 0.15) is 22.6 Å². The highest BCUT2D eigenvalue weighted by atomic mass is 16.1. The summed E-state index contributed by atoms with van der Waals surface area (Å²) in [5, 5.41) is 0. The Hall–Kier alpha value is -3.33. The highest BCUT2D eigenvalue weighted by molar-refractivity contribution is 5.65. The van der Waals surface area contributed by atoms with Crippen LogP contribution in [0.5, 0.6) is 0 Å². The van der Waals surface area contributed by atoms with Gasteiger partial charge in [0.1, 0.15) is 6.29 Å². The lowest BCUT2D eigenvalue weighted by atomic mass is 9.77. The van der Waals surface area contributed by atoms with Gasteiger partial charge in [-0.15, -0.1) is 0 Å². The van der Waals surface area contributed by atoms with Gasteiger partial charge in [-0.3, -0.25) is 4.79 Å². The zero-order chi connectivity index (χ0) is 22.2. The summed E-state index contributed by atoms with van der Waals surface area (Å²) < 4.78 is 0. The zero-order valence-corrected chi connectivity index (χ0v) is 18.9. The van der Waals surface area contributed by atoms with Crippen LogP contribution >= 0.6 is 0 Å². The summed E-state index contributed by atoms with van der Waals surface area (Å²) in [5.74, 6) is 0.298. The van der Waals surface area contributed by atoms with Gasteiger partial charge in [0.25, 0.3) is 0 Å². The molecule has 0 heterocycles. The number of carbonyl (C=O) groups excluding carboxylic acids is 1. The minimum atomic E-state index is 0.142. The molecule has 0 unspecified atom stereocenters. The fraction of sp³-hybridized carbons (Fsp3) is 0.250. The molecule has 1 atom stereocenters. The third-order valence-corrected chi connectivity index (χ3v) is 5.72. The van der Waals surface area contributed by atoms with Crippen molar-refractivity contribution in [3.63, 3.8) is 0 Å². The first kappa shape index (κ1) is 22.4. The average molecular weight is 413 g/mol. The second-order valence-corrected chi connectivity index (χ2v) is 8.32. The number of hydrogen-bond acceptors (Lipinski definition) is 3. The number of anilines is 2. The highest BCUT2D eigenvalue weighted by Gasteiger charge is 2.24. The number of allylic oxidation sites excluding steroid dienone is 2. The van der Waals surface area contributed by atoms with Crippen LogP contribution in [-0.2, 0) is 11.2 Å². The molecule has 3 heteroatoms. The normalized spacial score (nSPS) is 12.2. The molecule has 0 aliphatic rings. The SMILES string of the molecule is CN(C)c1ccc(C(c2ccc(N(C)C)cc2)[C@@H](/C=C/C=O)Cc2ccccc2)cc1. The van der Waals surface area contributed by atoms with Crippen molar-refractivity contribution in [3.05, 3.63) is 108 Å². The van der Waals surface area contributed by atoms with Crippen molar-refractivity contribution in [2.45, 2.75) is 12.3 Å². The first-order valence-electron chi connectivity index (χ1n) is 10.7. The lowest BCUT2D eigenvalue weighted by molar-refractivity contribution is -0.104. The zero-order valence-electron chi connectivity index (χ0n) is 18.9. The van der Waals surface area contributed by atoms with E-state index in [2.05, 4.69) is 117 Å². The lowest BCUT2D eigenvalue weighted by Gasteiger charge is -2.27. The van der Waals surface area contributed by atoms with Crippen LogP contribution in [0.25, 0.3) is 0 Å². The standard InChI is InChI=1S/C28H32N2O/c1-29(2)26-16-12-23(13-17-26)28(24-14-18-27(19-15-24)30(3)4)25(11-8-20-31)21-22-9-6-5-7-10-22/h5-20,25,28H,21H2,1-4H3/b11-8+/t25-/m0/s1. The molecule has 0 spiro atoms. The molecule has 3 aromatic carbocycles. The van der Waals surface area contributed by atoms with E-state index in [1.807, 2.05) is 6.07 Å². The largest absolute Gasteiger partial charge is 0.378 e. The van der Waals surface area contributed by atoms with Crippen LogP contribution < -0.4 is 9.80 Å². The van der Waals surface area contributed by atoms with Crippen molar-refractivity contribution in [3.8, 4) is 0 Å². The molecule has 0 saturated heterocycles. The summed E-state index contributed by atoms with van der Waals surface area (Å²) in [4.78, 5) is 15.4. The quantitative estimate of drug-likeness (QED) is 0.339. The summed E-state index contributed by atoms with van der Waals surface area (Å²) in [7, 11) is 8.21. The Bertz CT molecular complexity index is 922. The number of benzene rings is 3. The minimum Gasteiger partial charge on any atom is -0.378 e. The van der Waals surface area contributed by atoms with Gasteiger partial charge in [-0.2, -0.15) is 0 Å². The van der Waals surface area contributed by atoms with E-state index in [-0.39, 0.29) is 11.8 Å². The molecule has 0 fully saturated rings. The highest BCUT2D eigenvalue weighted by Crippen LogP contribution is 2.36. The Balaban J connectivity index is 2.06. The molecule has 0 N–H and O–H groups in total. The van der Waals surface area contributed by atoms with E-state index in [0.717, 1.165) is 12.7 Å². The number of rotatable bonds is 9. The van der Waals surface area contributed by atoms with Gasteiger partial charge in [-0.05, 0) is 59.4 Å². The maximum absolute atomic E-state index is 11.2. The monoisotopic (exact) mass is 412 g/mol. The number of hydrogen-bond donors (Lipinski definition) is 0. The maximum atomic E-state index is 11.2. The van der Waals surface area contributed by atoms with Crippen molar-refractivity contribution in [1.29, 1.82) is 0 Å². The summed E-state index contributed by atoms with van der Waals surface area (Å²) in [5.41, 5.74) is 6.12. The van der Waals surface area contributed by atoms with E-state index < -0.39 is 0 Å². The molecule has 3 aromatic rings. The number of aldehydes is 1. The van der Waals surface area contributed by atoms with Gasteiger partial charge in [0.05, 0.1) is 0 Å². The van der Waals surface area contributed by atoms with E-state index in [0.29, 0.717) is 0 Å². The smallest absolute Gasteiger partial charge is 0.142 e. The van der Waals surface area contributed by atoms with E-state index in [4.69, 9.17) is 0 Å². The third-order valence-electron chi connectivity index (χ3n) is 5.72. The van der Waals surface area contributed by atoms with Crippen LogP contribution in [0.4, 0.5) is 11.4 Å². The van der Waals surface area contributed by atoms with Crippen molar-refractivity contribution >= 4 is 17.7 Å². The van der Waals surface area contributed by atoms with Crippen molar-refractivity contribution in [1.82, 2.24) is 0 Å². The molecule has 0 aliphatic carbocycles. The lowest BCUT2D eigenvalue weighted by Crippen LogP contribution is -2.16. The molecule has 160 valence electrons. The number of carbonyl (C=O) groups is 1. The van der Waals surface area contributed by atoms with Crippen molar-refractivity contribution < 1.29 is 4.79 Å². The third kappa shape index (κ3) is 5.85. The average Bonchev–Trinajstić information content (AvgIpc) is 2.79. The molecular formula is C28H32N2O. The molecule has 3 rings (SSSR count). The van der Waals surface area contributed by atoms with E-state index >= 15 is 0 Å². The molecular weight excluding hydrogens is 380 g/mol. The Morgan fingerprint density at radius 3 is 1.61 bits per heavy atom. The molecule has 0 saturated carbocycles. The summed E-state index contributed by atoms with van der Waals surface area (Å²) >= 11 is 0. The Labute approximate surface area is 186 Å². The second-order valence-electron chi connectivity index (χ2n) is 8.32. The van der Waals surface area contributed by atoms with Gasteiger partial charge >= 0.3 is 0 Å². The maximum Gasteiger partial charge on any atom is 0.142 e. The molecule has 0 bridgehead atoms. The summed E-state index contributed by atoms with van der Waals surface area (Å²) in [6, 6.07) is 28.0. The minimum absolute atomic E-state index is 0.142. The summed E-state index contributed by atoms with van der Waals surface area (Å²) in [6.45, 7) is 0. The Kier molecular flexibility index (Phi) is 7.66. The van der Waals surface area contributed by atoms with Crippen molar-refractivity contribution in [2.24, 2.45) is 5.92 Å².